The van der Waals surface area contributed by atoms with Crippen LogP contribution in [0.25, 0.3) is 33.6 Å². The summed E-state index contributed by atoms with van der Waals surface area (Å²) in [6, 6.07) is 14.6. The number of rotatable bonds is 13. The molecule has 4 N–H and O–H groups in total. The predicted molar refractivity (Wildman–Crippen MR) is 228 cm³/mol. The molecule has 4 aromatic rings. The Morgan fingerprint density at radius 2 is 0.983 bits per heavy atom. The molecule has 6 atom stereocenters. The Hall–Kier alpha value is -4.96. The van der Waals surface area contributed by atoms with Crippen LogP contribution in [0.15, 0.2) is 60.9 Å². The molecule has 58 heavy (non-hydrogen) atoms. The monoisotopic (exact) mass is 830 g/mol. The number of aromatic nitrogens is 4. The van der Waals surface area contributed by atoms with E-state index < -0.39 is 24.3 Å². The van der Waals surface area contributed by atoms with Crippen LogP contribution < -0.4 is 10.6 Å². The lowest BCUT2D eigenvalue weighted by Crippen LogP contribution is -2.51. The Labute approximate surface area is 348 Å². The van der Waals surface area contributed by atoms with Crippen LogP contribution in [0.5, 0.6) is 0 Å². The molecule has 0 aliphatic carbocycles. The van der Waals surface area contributed by atoms with E-state index in [4.69, 9.17) is 19.4 Å². The number of ether oxygens (including phenoxy) is 2. The fourth-order valence-electron chi connectivity index (χ4n) is 7.69. The number of aromatic amines is 2. The number of thioether (sulfide) groups is 2. The molecule has 2 aromatic carbocycles. The van der Waals surface area contributed by atoms with Gasteiger partial charge in [0.1, 0.15) is 23.7 Å². The van der Waals surface area contributed by atoms with E-state index in [2.05, 4.69) is 69.1 Å². The second-order valence-electron chi connectivity index (χ2n) is 15.4. The molecule has 0 radical (unpaired) electrons. The van der Waals surface area contributed by atoms with Crippen molar-refractivity contribution in [3.05, 3.63) is 72.6 Å². The van der Waals surface area contributed by atoms with E-state index >= 15 is 0 Å². The predicted octanol–water partition coefficient (Wildman–Crippen LogP) is 6.91. The summed E-state index contributed by atoms with van der Waals surface area (Å²) in [5.74, 6) is 0.895. The number of likely N-dealkylation sites (tertiary alicyclic amines) is 2. The van der Waals surface area contributed by atoms with Gasteiger partial charge in [0.25, 0.3) is 0 Å². The first kappa shape index (κ1) is 42.6. The first-order valence-electron chi connectivity index (χ1n) is 19.5. The number of carbonyl (C=O) groups excluding carboxylic acids is 4. The van der Waals surface area contributed by atoms with Gasteiger partial charge >= 0.3 is 12.2 Å². The molecule has 6 rings (SSSR count). The van der Waals surface area contributed by atoms with Gasteiger partial charge in [0, 0.05) is 23.6 Å². The standard InChI is InChI=1S/C42H54N8O6S2/c1-23(2)35(47-41(53)55-5)39(51)49-21-29(57-7)17-33(49)37-43-19-31(45-37)27-13-9-25(10-14-27)26-11-15-28(16-12-26)32-20-44-38(46-32)34-18-30(58-8)22-50(34)40(52)36(24(3)4)48-42(54)56-6/h9-16,19-20,23-24,29-30,33-36H,17-18,21-22H2,1-8H3,(H,43,45)(H,44,46)(H,47,53)(H,48,54)/t29-,30-,33-,34-,35-,36-/m0/s1. The maximum absolute atomic E-state index is 13.8. The number of methoxy groups -OCH3 is 2. The molecule has 2 aliphatic heterocycles. The molecule has 2 saturated heterocycles. The third-order valence-corrected chi connectivity index (χ3v) is 13.1. The van der Waals surface area contributed by atoms with Gasteiger partial charge in [-0.2, -0.15) is 23.5 Å². The molecule has 0 spiro atoms. The fraction of sp³-hybridized carbons (Fsp3) is 0.476. The number of amides is 4. The molecule has 2 fully saturated rings. The van der Waals surface area contributed by atoms with E-state index in [-0.39, 0.29) is 46.2 Å². The van der Waals surface area contributed by atoms with Crippen molar-refractivity contribution in [1.82, 2.24) is 40.4 Å². The van der Waals surface area contributed by atoms with Crippen LogP contribution in [0, 0.1) is 11.8 Å². The molecular weight excluding hydrogens is 777 g/mol. The van der Waals surface area contributed by atoms with Crippen molar-refractivity contribution in [3.8, 4) is 33.6 Å². The van der Waals surface area contributed by atoms with Crippen LogP contribution in [0.3, 0.4) is 0 Å². The van der Waals surface area contributed by atoms with Crippen molar-refractivity contribution in [2.75, 3.05) is 39.8 Å². The van der Waals surface area contributed by atoms with Gasteiger partial charge in [-0.1, -0.05) is 76.2 Å². The quantitative estimate of drug-likeness (QED) is 0.111. The first-order chi connectivity index (χ1) is 27.8. The van der Waals surface area contributed by atoms with Crippen LogP contribution in [-0.2, 0) is 19.1 Å². The SMILES string of the molecule is COC(=O)N[C@H](C(=O)N1C[C@@H](SC)C[C@H]1c1ncc(-c2ccc(-c3ccc(-c4cnc([C@@H]5C[C@H](SC)CN5C(=O)[C@@H](NC(=O)OC)C(C)C)[nH]4)cc3)cc2)[nH]1)C(C)C. The molecule has 16 heteroatoms. The Balaban J connectivity index is 1.14. The van der Waals surface area contributed by atoms with Crippen molar-refractivity contribution in [3.63, 3.8) is 0 Å². The van der Waals surface area contributed by atoms with E-state index in [1.807, 2.05) is 62.4 Å². The summed E-state index contributed by atoms with van der Waals surface area (Å²) in [6.07, 6.45) is 7.96. The van der Waals surface area contributed by atoms with Crippen LogP contribution in [0.1, 0.15) is 64.3 Å². The summed E-state index contributed by atoms with van der Waals surface area (Å²) < 4.78 is 9.59. The summed E-state index contributed by atoms with van der Waals surface area (Å²) in [5, 5.41) is 5.93. The molecule has 0 bridgehead atoms. The van der Waals surface area contributed by atoms with E-state index in [0.29, 0.717) is 24.7 Å². The summed E-state index contributed by atoms with van der Waals surface area (Å²) in [7, 11) is 2.58. The van der Waals surface area contributed by atoms with Crippen LogP contribution in [0.4, 0.5) is 9.59 Å². The highest BCUT2D eigenvalue weighted by Crippen LogP contribution is 2.39. The van der Waals surface area contributed by atoms with Gasteiger partial charge in [0.15, 0.2) is 0 Å². The summed E-state index contributed by atoms with van der Waals surface area (Å²) in [5.41, 5.74) is 5.75. The van der Waals surface area contributed by atoms with Crippen molar-refractivity contribution in [2.24, 2.45) is 11.8 Å². The number of nitrogens with one attached hydrogen (secondary N) is 4. The average molecular weight is 831 g/mol. The first-order valence-corrected chi connectivity index (χ1v) is 22.1. The smallest absolute Gasteiger partial charge is 0.407 e. The number of benzene rings is 2. The normalized spacial score (nSPS) is 20.3. The van der Waals surface area contributed by atoms with Crippen LogP contribution in [-0.4, -0.2) is 116 Å². The Morgan fingerprint density at radius 3 is 1.29 bits per heavy atom. The van der Waals surface area contributed by atoms with Gasteiger partial charge in [-0.05, 0) is 59.4 Å². The van der Waals surface area contributed by atoms with E-state index in [1.165, 1.54) is 14.2 Å². The largest absolute Gasteiger partial charge is 0.453 e. The molecule has 14 nitrogen and oxygen atoms in total. The molecule has 2 aliphatic rings. The zero-order chi connectivity index (χ0) is 41.7. The van der Waals surface area contributed by atoms with Gasteiger partial charge in [-0.15, -0.1) is 0 Å². The van der Waals surface area contributed by atoms with E-state index in [9.17, 15) is 19.2 Å². The molecule has 0 unspecified atom stereocenters. The Kier molecular flexibility index (Phi) is 13.8. The maximum Gasteiger partial charge on any atom is 0.407 e. The summed E-state index contributed by atoms with van der Waals surface area (Å²) >= 11 is 3.45. The van der Waals surface area contributed by atoms with Crippen molar-refractivity contribution < 1.29 is 28.7 Å². The molecule has 4 amide bonds. The number of hydrogen-bond acceptors (Lipinski definition) is 10. The topological polar surface area (TPSA) is 175 Å². The minimum Gasteiger partial charge on any atom is -0.453 e. The fourth-order valence-corrected chi connectivity index (χ4v) is 9.06. The zero-order valence-electron chi connectivity index (χ0n) is 34.3. The minimum atomic E-state index is -0.710. The Bertz CT molecular complexity index is 1910. The molecule has 0 saturated carbocycles. The third kappa shape index (κ3) is 9.33. The third-order valence-electron chi connectivity index (χ3n) is 11.1. The van der Waals surface area contributed by atoms with Gasteiger partial charge < -0.3 is 39.9 Å². The highest BCUT2D eigenvalue weighted by atomic mass is 32.2. The lowest BCUT2D eigenvalue weighted by Gasteiger charge is -2.30. The van der Waals surface area contributed by atoms with Crippen molar-refractivity contribution in [1.29, 1.82) is 0 Å². The lowest BCUT2D eigenvalue weighted by molar-refractivity contribution is -0.136. The highest BCUT2D eigenvalue weighted by molar-refractivity contribution is 7.99. The van der Waals surface area contributed by atoms with Gasteiger partial charge in [0.2, 0.25) is 11.8 Å². The second-order valence-corrected chi connectivity index (χ2v) is 17.7. The minimum absolute atomic E-state index is 0.122. The Morgan fingerprint density at radius 1 is 0.638 bits per heavy atom. The second kappa shape index (κ2) is 18.7. The highest BCUT2D eigenvalue weighted by Gasteiger charge is 2.42. The van der Waals surface area contributed by atoms with Gasteiger partial charge in [-0.25, -0.2) is 19.6 Å². The van der Waals surface area contributed by atoms with E-state index in [1.54, 1.807) is 23.5 Å². The number of hydrogen-bond donors (Lipinski definition) is 4. The number of H-pyrrole nitrogens is 2. The number of carbonyl (C=O) groups is 4. The summed E-state index contributed by atoms with van der Waals surface area (Å²) in [6.45, 7) is 8.76. The number of nitrogens with zero attached hydrogens (tertiary/aromatic N) is 4. The molecule has 4 heterocycles. The number of alkyl carbamates (subject to hydrolysis) is 2. The molecular formula is C42H54N8O6S2. The van der Waals surface area contributed by atoms with Crippen LogP contribution in [0.2, 0.25) is 0 Å². The summed E-state index contributed by atoms with van der Waals surface area (Å²) in [4.78, 5) is 71.8. The number of imidazole rings is 2. The maximum atomic E-state index is 13.8. The average Bonchev–Trinajstić information content (AvgIpc) is 4.07. The van der Waals surface area contributed by atoms with Gasteiger partial charge in [-0.3, -0.25) is 9.59 Å². The molecule has 310 valence electrons. The lowest BCUT2D eigenvalue weighted by atomic mass is 10.0. The van der Waals surface area contributed by atoms with Gasteiger partial charge in [0.05, 0.1) is 50.1 Å². The van der Waals surface area contributed by atoms with Crippen molar-refractivity contribution in [2.45, 2.75) is 75.2 Å². The van der Waals surface area contributed by atoms with Crippen LogP contribution >= 0.6 is 23.5 Å². The van der Waals surface area contributed by atoms with E-state index in [0.717, 1.165) is 46.5 Å². The molecule has 2 aromatic heterocycles. The zero-order valence-corrected chi connectivity index (χ0v) is 35.9. The van der Waals surface area contributed by atoms with Crippen molar-refractivity contribution >= 4 is 47.5 Å².